The van der Waals surface area contributed by atoms with Crippen molar-refractivity contribution < 1.29 is 9.90 Å². The summed E-state index contributed by atoms with van der Waals surface area (Å²) in [5.41, 5.74) is 6.03. The van der Waals surface area contributed by atoms with Crippen molar-refractivity contribution in [1.82, 2.24) is 0 Å². The number of hydrogen-bond donors (Lipinski definition) is 3. The van der Waals surface area contributed by atoms with Gasteiger partial charge in [0.15, 0.2) is 0 Å². The Labute approximate surface area is 91.9 Å². The predicted molar refractivity (Wildman–Crippen MR) is 62.6 cm³/mol. The van der Waals surface area contributed by atoms with E-state index in [2.05, 4.69) is 12.6 Å². The molecule has 0 aliphatic rings. The van der Waals surface area contributed by atoms with Gasteiger partial charge in [-0.15, -0.1) is 12.6 Å². The van der Waals surface area contributed by atoms with E-state index in [0.29, 0.717) is 10.3 Å². The van der Waals surface area contributed by atoms with Gasteiger partial charge in [0.1, 0.15) is 0 Å². The van der Waals surface area contributed by atoms with Gasteiger partial charge in [0.25, 0.3) is 0 Å². The maximum atomic E-state index is 11.1. The zero-order valence-electron chi connectivity index (χ0n) is 7.77. The number of rotatable bonds is 1. The molecule has 76 valence electrons. The first-order valence-electron chi connectivity index (χ1n) is 4.34. The SMILES string of the molecule is Nc1c(S)cc2ccccc2c1C(=O)O. The smallest absolute Gasteiger partial charge is 0.338 e. The third-order valence-corrected chi connectivity index (χ3v) is 2.65. The van der Waals surface area contributed by atoms with Gasteiger partial charge in [0, 0.05) is 4.90 Å². The highest BCUT2D eigenvalue weighted by Crippen LogP contribution is 2.30. The number of fused-ring (bicyclic) bond motifs is 1. The second-order valence-corrected chi connectivity index (χ2v) is 3.69. The molecule has 0 amide bonds. The Kier molecular flexibility index (Phi) is 2.28. The monoisotopic (exact) mass is 219 g/mol. The Bertz CT molecular complexity index is 552. The third kappa shape index (κ3) is 1.53. The number of carboxylic acid groups (broad SMARTS) is 1. The van der Waals surface area contributed by atoms with Gasteiger partial charge in [0.05, 0.1) is 11.3 Å². The number of aromatic carboxylic acids is 1. The molecule has 3 N–H and O–H groups in total. The van der Waals surface area contributed by atoms with Crippen molar-refractivity contribution in [3.8, 4) is 0 Å². The largest absolute Gasteiger partial charge is 0.478 e. The number of carboxylic acids is 1. The molecule has 2 rings (SSSR count). The maximum Gasteiger partial charge on any atom is 0.338 e. The molecule has 0 bridgehead atoms. The van der Waals surface area contributed by atoms with Crippen LogP contribution in [-0.2, 0) is 0 Å². The van der Waals surface area contributed by atoms with Gasteiger partial charge in [-0.3, -0.25) is 0 Å². The molecular formula is C11H9NO2S. The van der Waals surface area contributed by atoms with E-state index in [-0.39, 0.29) is 11.3 Å². The van der Waals surface area contributed by atoms with Crippen LogP contribution >= 0.6 is 12.6 Å². The lowest BCUT2D eigenvalue weighted by molar-refractivity contribution is 0.0700. The van der Waals surface area contributed by atoms with Gasteiger partial charge < -0.3 is 10.8 Å². The minimum absolute atomic E-state index is 0.123. The van der Waals surface area contributed by atoms with Crippen LogP contribution < -0.4 is 5.73 Å². The lowest BCUT2D eigenvalue weighted by Crippen LogP contribution is -2.04. The summed E-state index contributed by atoms with van der Waals surface area (Å²) in [5.74, 6) is -1.03. The summed E-state index contributed by atoms with van der Waals surface area (Å²) in [6.45, 7) is 0. The summed E-state index contributed by atoms with van der Waals surface area (Å²) in [6.07, 6.45) is 0. The summed E-state index contributed by atoms with van der Waals surface area (Å²) < 4.78 is 0. The Balaban J connectivity index is 2.95. The molecule has 0 aromatic heterocycles. The van der Waals surface area contributed by atoms with Crippen molar-refractivity contribution in [1.29, 1.82) is 0 Å². The van der Waals surface area contributed by atoms with Crippen molar-refractivity contribution in [3.63, 3.8) is 0 Å². The van der Waals surface area contributed by atoms with Crippen LogP contribution in [0.2, 0.25) is 0 Å². The van der Waals surface area contributed by atoms with Gasteiger partial charge in [-0.1, -0.05) is 24.3 Å². The van der Waals surface area contributed by atoms with Crippen LogP contribution in [0, 0.1) is 0 Å². The zero-order chi connectivity index (χ0) is 11.0. The van der Waals surface area contributed by atoms with Crippen LogP contribution in [0.5, 0.6) is 0 Å². The van der Waals surface area contributed by atoms with Crippen molar-refractivity contribution in [2.24, 2.45) is 0 Å². The molecule has 0 saturated carbocycles. The molecular weight excluding hydrogens is 210 g/mol. The minimum Gasteiger partial charge on any atom is -0.478 e. The highest BCUT2D eigenvalue weighted by molar-refractivity contribution is 7.80. The predicted octanol–water partition coefficient (Wildman–Crippen LogP) is 2.41. The van der Waals surface area contributed by atoms with Crippen LogP contribution in [0.4, 0.5) is 5.69 Å². The van der Waals surface area contributed by atoms with Gasteiger partial charge in [-0.05, 0) is 16.8 Å². The molecule has 0 spiro atoms. The van der Waals surface area contributed by atoms with Gasteiger partial charge in [-0.25, -0.2) is 4.79 Å². The Morgan fingerprint density at radius 2 is 2.00 bits per heavy atom. The summed E-state index contributed by atoms with van der Waals surface area (Å²) in [4.78, 5) is 11.6. The fourth-order valence-electron chi connectivity index (χ4n) is 1.58. The van der Waals surface area contributed by atoms with Crippen LogP contribution in [0.25, 0.3) is 10.8 Å². The molecule has 0 heterocycles. The van der Waals surface area contributed by atoms with Gasteiger partial charge >= 0.3 is 5.97 Å². The van der Waals surface area contributed by atoms with Gasteiger partial charge in [-0.2, -0.15) is 0 Å². The van der Waals surface area contributed by atoms with Crippen molar-refractivity contribution in [2.75, 3.05) is 5.73 Å². The topological polar surface area (TPSA) is 63.3 Å². The second-order valence-electron chi connectivity index (χ2n) is 3.21. The van der Waals surface area contributed by atoms with E-state index >= 15 is 0 Å². The number of carbonyl (C=O) groups is 1. The number of thiol groups is 1. The quantitative estimate of drug-likeness (QED) is 0.510. The number of nitrogens with two attached hydrogens (primary N) is 1. The van der Waals surface area contributed by atoms with E-state index in [4.69, 9.17) is 10.8 Å². The lowest BCUT2D eigenvalue weighted by atomic mass is 10.0. The number of hydrogen-bond acceptors (Lipinski definition) is 3. The summed E-state index contributed by atoms with van der Waals surface area (Å²) in [7, 11) is 0. The number of anilines is 1. The van der Waals surface area contributed by atoms with Crippen molar-refractivity contribution in [3.05, 3.63) is 35.9 Å². The molecule has 4 heteroatoms. The average molecular weight is 219 g/mol. The third-order valence-electron chi connectivity index (χ3n) is 2.28. The van der Waals surface area contributed by atoms with E-state index in [0.717, 1.165) is 5.39 Å². The zero-order valence-corrected chi connectivity index (χ0v) is 8.66. The first kappa shape index (κ1) is 9.86. The summed E-state index contributed by atoms with van der Waals surface area (Å²) >= 11 is 4.15. The van der Waals surface area contributed by atoms with E-state index < -0.39 is 5.97 Å². The Morgan fingerprint density at radius 3 is 2.67 bits per heavy atom. The van der Waals surface area contributed by atoms with E-state index in [1.807, 2.05) is 12.1 Å². The van der Waals surface area contributed by atoms with Crippen LogP contribution in [0.15, 0.2) is 35.2 Å². The molecule has 0 fully saturated rings. The molecule has 2 aromatic carbocycles. The average Bonchev–Trinajstić information content (AvgIpc) is 2.19. The molecule has 0 unspecified atom stereocenters. The van der Waals surface area contributed by atoms with Crippen LogP contribution in [-0.4, -0.2) is 11.1 Å². The second kappa shape index (κ2) is 3.47. The fraction of sp³-hybridized carbons (Fsp3) is 0. The molecule has 0 saturated heterocycles. The fourth-order valence-corrected chi connectivity index (χ4v) is 1.83. The molecule has 0 atom stereocenters. The summed E-state index contributed by atoms with van der Waals surface area (Å²) in [5, 5.41) is 10.5. The van der Waals surface area contributed by atoms with Crippen LogP contribution in [0.1, 0.15) is 10.4 Å². The first-order valence-corrected chi connectivity index (χ1v) is 4.79. The maximum absolute atomic E-state index is 11.1. The molecule has 15 heavy (non-hydrogen) atoms. The standard InChI is InChI=1S/C11H9NO2S/c12-10-8(15)5-6-3-1-2-4-7(6)9(10)11(13)14/h1-5,15H,12H2,(H,13,14). The minimum atomic E-state index is -1.03. The molecule has 3 nitrogen and oxygen atoms in total. The highest BCUT2D eigenvalue weighted by atomic mass is 32.1. The Morgan fingerprint density at radius 1 is 1.33 bits per heavy atom. The van der Waals surface area contributed by atoms with Crippen LogP contribution in [0.3, 0.4) is 0 Å². The lowest BCUT2D eigenvalue weighted by Gasteiger charge is -2.08. The first-order chi connectivity index (χ1) is 7.11. The summed E-state index contributed by atoms with van der Waals surface area (Å²) in [6, 6.07) is 8.97. The molecule has 0 radical (unpaired) electrons. The number of benzene rings is 2. The number of nitrogen functional groups attached to an aromatic ring is 1. The van der Waals surface area contributed by atoms with E-state index in [1.165, 1.54) is 0 Å². The molecule has 0 aliphatic carbocycles. The van der Waals surface area contributed by atoms with Gasteiger partial charge in [0.2, 0.25) is 0 Å². The van der Waals surface area contributed by atoms with E-state index in [9.17, 15) is 4.79 Å². The highest BCUT2D eigenvalue weighted by Gasteiger charge is 2.14. The van der Waals surface area contributed by atoms with Crippen molar-refractivity contribution >= 4 is 35.1 Å². The Hall–Kier alpha value is -1.68. The normalized spacial score (nSPS) is 10.5. The van der Waals surface area contributed by atoms with Crippen molar-refractivity contribution in [2.45, 2.75) is 4.90 Å². The molecule has 0 aliphatic heterocycles. The van der Waals surface area contributed by atoms with E-state index in [1.54, 1.807) is 18.2 Å². The molecule has 2 aromatic rings.